The number of esters is 1. The van der Waals surface area contributed by atoms with Crippen LogP contribution in [-0.4, -0.2) is 71.6 Å². The predicted octanol–water partition coefficient (Wildman–Crippen LogP) is 5.12. The molecule has 50 heavy (non-hydrogen) atoms. The normalized spacial score (nSPS) is 18.0. The Labute approximate surface area is 292 Å². The molecule has 0 bridgehead atoms. The van der Waals surface area contributed by atoms with Crippen LogP contribution in [-0.2, 0) is 32.2 Å². The molecule has 0 unspecified atom stereocenters. The lowest BCUT2D eigenvalue weighted by atomic mass is 9.99. The van der Waals surface area contributed by atoms with E-state index in [9.17, 15) is 24.9 Å². The van der Waals surface area contributed by atoms with Crippen molar-refractivity contribution in [1.29, 1.82) is 0 Å². The van der Waals surface area contributed by atoms with E-state index in [1.165, 1.54) is 0 Å². The van der Waals surface area contributed by atoms with Gasteiger partial charge in [0.25, 0.3) is 0 Å². The average molecular weight is 684 g/mol. The number of urea groups is 1. The van der Waals surface area contributed by atoms with Crippen LogP contribution in [0.3, 0.4) is 0 Å². The Bertz CT molecular complexity index is 1700. The third kappa shape index (κ3) is 10.4. The predicted molar refractivity (Wildman–Crippen MR) is 188 cm³/mol. The second-order valence-electron chi connectivity index (χ2n) is 12.3. The van der Waals surface area contributed by atoms with Gasteiger partial charge in [0.2, 0.25) is 0 Å². The first kappa shape index (κ1) is 36.5. The van der Waals surface area contributed by atoms with Crippen molar-refractivity contribution in [1.82, 2.24) is 15.5 Å². The Morgan fingerprint density at radius 1 is 0.900 bits per heavy atom. The zero-order valence-corrected chi connectivity index (χ0v) is 28.3. The van der Waals surface area contributed by atoms with Gasteiger partial charge in [-0.05, 0) is 65.6 Å². The highest BCUT2D eigenvalue weighted by Crippen LogP contribution is 2.38. The summed E-state index contributed by atoms with van der Waals surface area (Å²) < 4.78 is 17.9. The molecule has 1 saturated heterocycles. The fourth-order valence-electron chi connectivity index (χ4n) is 5.89. The first-order valence-electron chi connectivity index (χ1n) is 16.7. The number of likely N-dealkylation sites (N-methyl/N-ethyl adjacent to an activating group) is 1. The number of benzene rings is 4. The Hall–Kier alpha value is -4.78. The van der Waals surface area contributed by atoms with Crippen LogP contribution in [0.25, 0.3) is 11.1 Å². The van der Waals surface area contributed by atoms with E-state index in [1.807, 2.05) is 84.7 Å². The van der Waals surface area contributed by atoms with Gasteiger partial charge < -0.3 is 45.1 Å². The minimum Gasteiger partial charge on any atom is -0.508 e. The van der Waals surface area contributed by atoms with Gasteiger partial charge in [-0.25, -0.2) is 4.79 Å². The molecule has 0 aliphatic carbocycles. The van der Waals surface area contributed by atoms with Gasteiger partial charge in [-0.15, -0.1) is 0 Å². The minimum atomic E-state index is -0.778. The van der Waals surface area contributed by atoms with Crippen molar-refractivity contribution in [2.75, 3.05) is 33.3 Å². The molecule has 5 rings (SSSR count). The number of carbonyl (C=O) groups is 2. The lowest BCUT2D eigenvalue weighted by Gasteiger charge is -2.38. The molecule has 0 aromatic heterocycles. The zero-order valence-electron chi connectivity index (χ0n) is 28.3. The van der Waals surface area contributed by atoms with Crippen molar-refractivity contribution in [2.45, 2.75) is 51.1 Å². The first-order chi connectivity index (χ1) is 24.2. The van der Waals surface area contributed by atoms with E-state index in [4.69, 9.17) is 14.2 Å². The SMILES string of the molecule is CCOC(=O)CNC(=O)NCc1cccc(-c2ccc([C@H]3O[C@@H](CN(C)C[C@@H](O)c4cccc(O)c4)C[C@@H](c4ccc(CO)cc4)O3)cc2)c1. The van der Waals surface area contributed by atoms with Crippen molar-refractivity contribution in [2.24, 2.45) is 0 Å². The number of aliphatic hydroxyl groups is 2. The maximum absolute atomic E-state index is 12.1. The van der Waals surface area contributed by atoms with Gasteiger partial charge in [0, 0.05) is 31.6 Å². The molecule has 2 amide bonds. The zero-order chi connectivity index (χ0) is 35.5. The molecule has 11 nitrogen and oxygen atoms in total. The summed E-state index contributed by atoms with van der Waals surface area (Å²) in [6.07, 6.45) is -1.29. The maximum atomic E-state index is 12.1. The summed E-state index contributed by atoms with van der Waals surface area (Å²) >= 11 is 0. The first-order valence-corrected chi connectivity index (χ1v) is 16.7. The van der Waals surface area contributed by atoms with Crippen molar-refractivity contribution in [3.05, 3.63) is 125 Å². The standard InChI is InChI=1S/C39H45N3O8/c1-3-48-37(46)22-41-39(47)40-21-27-6-4-7-31(18-27)28-14-16-30(17-15-28)38-49-34(20-36(50-38)29-12-10-26(25-43)11-13-29)23-42(2)24-35(45)32-8-5-9-33(44)19-32/h4-19,34-36,38,43-45H,3,20-25H2,1-2H3,(H2,40,41,47)/t34-,35-,36+,38+/m1/s1. The lowest BCUT2D eigenvalue weighted by molar-refractivity contribution is -0.252. The summed E-state index contributed by atoms with van der Waals surface area (Å²) in [6.45, 7) is 2.91. The van der Waals surface area contributed by atoms with Gasteiger partial charge >= 0.3 is 12.0 Å². The fraction of sp³-hybridized carbons (Fsp3) is 0.333. The fourth-order valence-corrected chi connectivity index (χ4v) is 5.89. The van der Waals surface area contributed by atoms with Crippen molar-refractivity contribution in [3.8, 4) is 16.9 Å². The van der Waals surface area contributed by atoms with Crippen LogP contribution in [0.4, 0.5) is 4.79 Å². The third-order valence-corrected chi connectivity index (χ3v) is 8.46. The molecular formula is C39H45N3O8. The Morgan fingerprint density at radius 3 is 2.36 bits per heavy atom. The summed E-state index contributed by atoms with van der Waals surface area (Å²) in [5, 5.41) is 35.5. The van der Waals surface area contributed by atoms with E-state index in [2.05, 4.69) is 10.6 Å². The molecule has 264 valence electrons. The number of carbonyl (C=O) groups excluding carboxylic acids is 2. The van der Waals surface area contributed by atoms with E-state index in [1.54, 1.807) is 31.2 Å². The monoisotopic (exact) mass is 683 g/mol. The minimum absolute atomic E-state index is 0.0370. The van der Waals surface area contributed by atoms with Crippen LogP contribution < -0.4 is 10.6 Å². The number of hydrogen-bond acceptors (Lipinski definition) is 9. The largest absolute Gasteiger partial charge is 0.508 e. The van der Waals surface area contributed by atoms with E-state index in [-0.39, 0.29) is 44.3 Å². The van der Waals surface area contributed by atoms with E-state index in [0.29, 0.717) is 25.1 Å². The quantitative estimate of drug-likeness (QED) is 0.114. The number of rotatable bonds is 14. The number of amides is 2. The smallest absolute Gasteiger partial charge is 0.325 e. The van der Waals surface area contributed by atoms with Crippen LogP contribution in [0.5, 0.6) is 5.75 Å². The second-order valence-corrected chi connectivity index (χ2v) is 12.3. The van der Waals surface area contributed by atoms with E-state index < -0.39 is 24.4 Å². The number of aromatic hydroxyl groups is 1. The number of nitrogens with zero attached hydrogens (tertiary/aromatic N) is 1. The molecule has 4 aromatic carbocycles. The van der Waals surface area contributed by atoms with Crippen LogP contribution in [0.15, 0.2) is 97.1 Å². The van der Waals surface area contributed by atoms with Gasteiger partial charge in [-0.3, -0.25) is 4.79 Å². The second kappa shape index (κ2) is 17.7. The molecule has 0 spiro atoms. The van der Waals surface area contributed by atoms with Gasteiger partial charge in [0.15, 0.2) is 6.29 Å². The Morgan fingerprint density at radius 2 is 1.64 bits per heavy atom. The third-order valence-electron chi connectivity index (χ3n) is 8.46. The van der Waals surface area contributed by atoms with E-state index >= 15 is 0 Å². The van der Waals surface area contributed by atoms with Crippen LogP contribution >= 0.6 is 0 Å². The van der Waals surface area contributed by atoms with Gasteiger partial charge in [0.1, 0.15) is 12.3 Å². The molecule has 11 heteroatoms. The highest BCUT2D eigenvalue weighted by atomic mass is 16.7. The summed E-state index contributed by atoms with van der Waals surface area (Å²) in [6, 6.07) is 29.7. The Balaban J connectivity index is 1.25. The summed E-state index contributed by atoms with van der Waals surface area (Å²) in [4.78, 5) is 25.6. The average Bonchev–Trinajstić information content (AvgIpc) is 3.13. The molecule has 4 atom stereocenters. The molecule has 1 heterocycles. The molecule has 0 saturated carbocycles. The maximum Gasteiger partial charge on any atom is 0.325 e. The number of phenols is 1. The molecule has 1 fully saturated rings. The number of nitrogens with one attached hydrogen (secondary N) is 2. The number of hydrogen-bond donors (Lipinski definition) is 5. The van der Waals surface area contributed by atoms with Crippen LogP contribution in [0.2, 0.25) is 0 Å². The van der Waals surface area contributed by atoms with Crippen LogP contribution in [0, 0.1) is 0 Å². The summed E-state index contributed by atoms with van der Waals surface area (Å²) in [5.74, 6) is -0.382. The molecule has 0 radical (unpaired) electrons. The lowest BCUT2D eigenvalue weighted by Crippen LogP contribution is -2.39. The highest BCUT2D eigenvalue weighted by Gasteiger charge is 2.33. The number of phenolic OH excluding ortho intramolecular Hbond substituents is 1. The Kier molecular flexibility index (Phi) is 13.0. The van der Waals surface area contributed by atoms with Crippen molar-refractivity contribution >= 4 is 12.0 Å². The van der Waals surface area contributed by atoms with Crippen molar-refractivity contribution in [3.63, 3.8) is 0 Å². The number of ether oxygens (including phenoxy) is 3. The van der Waals surface area contributed by atoms with Crippen LogP contribution in [0.1, 0.15) is 59.7 Å². The highest BCUT2D eigenvalue weighted by molar-refractivity contribution is 5.80. The molecule has 1 aliphatic heterocycles. The topological polar surface area (TPSA) is 150 Å². The molecule has 4 aromatic rings. The van der Waals surface area contributed by atoms with E-state index in [0.717, 1.165) is 33.4 Å². The molecular weight excluding hydrogens is 638 g/mol. The number of aliphatic hydroxyl groups excluding tert-OH is 2. The van der Waals surface area contributed by atoms with Gasteiger partial charge in [0.05, 0.1) is 31.5 Å². The summed E-state index contributed by atoms with van der Waals surface area (Å²) in [5.41, 5.74) is 6.15. The van der Waals surface area contributed by atoms with Gasteiger partial charge in [-0.2, -0.15) is 0 Å². The van der Waals surface area contributed by atoms with Crippen molar-refractivity contribution < 1.29 is 39.1 Å². The molecule has 1 aliphatic rings. The summed E-state index contributed by atoms with van der Waals surface area (Å²) in [7, 11) is 1.93. The molecule has 5 N–H and O–H groups in total. The van der Waals surface area contributed by atoms with Gasteiger partial charge in [-0.1, -0.05) is 78.9 Å².